The van der Waals surface area contributed by atoms with E-state index < -0.39 is 0 Å². The Bertz CT molecular complexity index is 576. The molecule has 8 heteroatoms. The molecule has 0 aromatic heterocycles. The summed E-state index contributed by atoms with van der Waals surface area (Å²) in [5.41, 5.74) is 9.20. The van der Waals surface area contributed by atoms with E-state index in [0.717, 1.165) is 45.1 Å². The summed E-state index contributed by atoms with van der Waals surface area (Å²) in [6.45, 7) is 9.45. The number of nitrogens with zero attached hydrogens (tertiary/aromatic N) is 1. The van der Waals surface area contributed by atoms with E-state index in [1.54, 1.807) is 0 Å². The second-order valence-electron chi connectivity index (χ2n) is 5.71. The number of morpholine rings is 1. The van der Waals surface area contributed by atoms with Crippen LogP contribution in [0.25, 0.3) is 0 Å². The van der Waals surface area contributed by atoms with E-state index in [0.29, 0.717) is 10.2 Å². The minimum absolute atomic E-state index is 0.468. The molecule has 6 nitrogen and oxygen atoms in total. The molecule has 0 amide bonds. The molecule has 24 heavy (non-hydrogen) atoms. The fraction of sp³-hybridized carbons (Fsp3) is 0.500. The Morgan fingerprint density at radius 3 is 2.50 bits per heavy atom. The first-order chi connectivity index (χ1) is 11.5. The fourth-order valence-corrected chi connectivity index (χ4v) is 2.61. The van der Waals surface area contributed by atoms with E-state index in [-0.39, 0.29) is 0 Å². The third-order valence-corrected chi connectivity index (χ3v) is 4.32. The van der Waals surface area contributed by atoms with Gasteiger partial charge in [0, 0.05) is 31.9 Å². The van der Waals surface area contributed by atoms with E-state index in [9.17, 15) is 0 Å². The Balaban J connectivity index is 1.61. The fourth-order valence-electron chi connectivity index (χ4n) is 2.29. The van der Waals surface area contributed by atoms with Gasteiger partial charge in [0.05, 0.1) is 13.2 Å². The summed E-state index contributed by atoms with van der Waals surface area (Å²) in [6, 6.07) is 6.11. The summed E-state index contributed by atoms with van der Waals surface area (Å²) in [5, 5.41) is 7.26. The van der Waals surface area contributed by atoms with Gasteiger partial charge in [0.25, 0.3) is 0 Å². The highest BCUT2D eigenvalue weighted by atomic mass is 32.1. The third-order valence-electron chi connectivity index (χ3n) is 3.87. The molecule has 0 bridgehead atoms. The highest BCUT2D eigenvalue weighted by Crippen LogP contribution is 2.13. The van der Waals surface area contributed by atoms with Crippen molar-refractivity contribution in [2.24, 2.45) is 0 Å². The van der Waals surface area contributed by atoms with Crippen LogP contribution in [0.15, 0.2) is 18.2 Å². The predicted molar refractivity (Wildman–Crippen MR) is 106 cm³/mol. The second-order valence-corrected chi connectivity index (χ2v) is 6.53. The van der Waals surface area contributed by atoms with Gasteiger partial charge in [-0.2, -0.15) is 0 Å². The molecule has 1 aliphatic heterocycles. The molecule has 2 rings (SSSR count). The van der Waals surface area contributed by atoms with Crippen molar-refractivity contribution in [2.45, 2.75) is 13.8 Å². The molecule has 1 aliphatic rings. The Labute approximate surface area is 154 Å². The van der Waals surface area contributed by atoms with Gasteiger partial charge < -0.3 is 15.4 Å². The zero-order chi connectivity index (χ0) is 17.4. The van der Waals surface area contributed by atoms with Gasteiger partial charge in [-0.25, -0.2) is 0 Å². The molecule has 0 saturated carbocycles. The van der Waals surface area contributed by atoms with Crippen LogP contribution in [0.5, 0.6) is 0 Å². The van der Waals surface area contributed by atoms with Crippen molar-refractivity contribution in [3.05, 3.63) is 29.3 Å². The average molecular weight is 368 g/mol. The number of ether oxygens (including phenoxy) is 1. The molecule has 0 atom stereocenters. The number of benzene rings is 1. The van der Waals surface area contributed by atoms with Crippen molar-refractivity contribution in [3.63, 3.8) is 0 Å². The lowest BCUT2D eigenvalue weighted by Gasteiger charge is -2.26. The van der Waals surface area contributed by atoms with Crippen molar-refractivity contribution < 1.29 is 4.74 Å². The van der Waals surface area contributed by atoms with Crippen LogP contribution in [-0.2, 0) is 4.74 Å². The number of thiocarbonyl (C=S) groups is 2. The minimum atomic E-state index is 0.468. The van der Waals surface area contributed by atoms with Crippen molar-refractivity contribution in [3.8, 4) is 0 Å². The van der Waals surface area contributed by atoms with Gasteiger partial charge in [-0.05, 0) is 61.5 Å². The zero-order valence-electron chi connectivity index (χ0n) is 14.1. The first-order valence-corrected chi connectivity index (χ1v) is 8.84. The Kier molecular flexibility index (Phi) is 7.64. The van der Waals surface area contributed by atoms with E-state index in [2.05, 4.69) is 52.4 Å². The molecule has 0 spiro atoms. The first kappa shape index (κ1) is 18.9. The van der Waals surface area contributed by atoms with Gasteiger partial charge in [0.15, 0.2) is 10.2 Å². The summed E-state index contributed by atoms with van der Waals surface area (Å²) < 4.78 is 5.32. The maximum atomic E-state index is 5.32. The van der Waals surface area contributed by atoms with Crippen LogP contribution in [0.1, 0.15) is 11.1 Å². The second kappa shape index (κ2) is 9.73. The number of hydrazine groups is 1. The zero-order valence-corrected chi connectivity index (χ0v) is 15.8. The van der Waals surface area contributed by atoms with Crippen molar-refractivity contribution in [1.82, 2.24) is 21.1 Å². The molecular formula is C16H25N5OS2. The van der Waals surface area contributed by atoms with Gasteiger partial charge in [-0.1, -0.05) is 6.07 Å². The lowest BCUT2D eigenvalue weighted by Crippen LogP contribution is -2.50. The number of hydrogen-bond donors (Lipinski definition) is 4. The first-order valence-electron chi connectivity index (χ1n) is 8.03. The molecule has 0 aliphatic carbocycles. The van der Waals surface area contributed by atoms with Crippen molar-refractivity contribution in [2.75, 3.05) is 44.7 Å². The number of anilines is 1. The minimum Gasteiger partial charge on any atom is -0.379 e. The van der Waals surface area contributed by atoms with Crippen LogP contribution in [0, 0.1) is 13.8 Å². The molecular weight excluding hydrogens is 342 g/mol. The Hall–Kier alpha value is -1.48. The number of rotatable bonds is 4. The molecule has 0 unspecified atom stereocenters. The smallest absolute Gasteiger partial charge is 0.189 e. The maximum absolute atomic E-state index is 5.32. The Morgan fingerprint density at radius 2 is 1.79 bits per heavy atom. The summed E-state index contributed by atoms with van der Waals surface area (Å²) in [7, 11) is 0. The number of hydrogen-bond acceptors (Lipinski definition) is 4. The Morgan fingerprint density at radius 1 is 1.08 bits per heavy atom. The van der Waals surface area contributed by atoms with E-state index in [1.807, 2.05) is 6.07 Å². The normalized spacial score (nSPS) is 14.8. The number of nitrogens with one attached hydrogen (secondary N) is 4. The molecule has 1 aromatic carbocycles. The van der Waals surface area contributed by atoms with Crippen LogP contribution in [0.3, 0.4) is 0 Å². The van der Waals surface area contributed by atoms with Gasteiger partial charge in [-0.15, -0.1) is 0 Å². The van der Waals surface area contributed by atoms with Gasteiger partial charge >= 0.3 is 0 Å². The van der Waals surface area contributed by atoms with Gasteiger partial charge in [-0.3, -0.25) is 15.8 Å². The lowest BCUT2D eigenvalue weighted by atomic mass is 10.1. The van der Waals surface area contributed by atoms with Gasteiger partial charge in [0.2, 0.25) is 0 Å². The molecule has 4 N–H and O–H groups in total. The molecule has 1 saturated heterocycles. The van der Waals surface area contributed by atoms with Crippen molar-refractivity contribution in [1.29, 1.82) is 0 Å². The van der Waals surface area contributed by atoms with Crippen LogP contribution in [0.4, 0.5) is 5.69 Å². The summed E-state index contributed by atoms with van der Waals surface area (Å²) in [4.78, 5) is 2.35. The van der Waals surface area contributed by atoms with Gasteiger partial charge in [0.1, 0.15) is 0 Å². The van der Waals surface area contributed by atoms with E-state index >= 15 is 0 Å². The molecule has 1 heterocycles. The van der Waals surface area contributed by atoms with Crippen LogP contribution >= 0.6 is 24.4 Å². The molecule has 1 fully saturated rings. The molecule has 1 aromatic rings. The highest BCUT2D eigenvalue weighted by molar-refractivity contribution is 7.80. The van der Waals surface area contributed by atoms with Crippen LogP contribution in [0.2, 0.25) is 0 Å². The van der Waals surface area contributed by atoms with Crippen LogP contribution in [-0.4, -0.2) is 54.5 Å². The quantitative estimate of drug-likeness (QED) is 0.469. The average Bonchev–Trinajstić information content (AvgIpc) is 2.57. The number of aryl methyl sites for hydroxylation is 2. The van der Waals surface area contributed by atoms with Crippen molar-refractivity contribution >= 4 is 40.3 Å². The van der Waals surface area contributed by atoms with E-state index in [1.165, 1.54) is 11.1 Å². The largest absolute Gasteiger partial charge is 0.379 e. The summed E-state index contributed by atoms with van der Waals surface area (Å²) in [6.07, 6.45) is 0. The third kappa shape index (κ3) is 6.56. The molecule has 132 valence electrons. The topological polar surface area (TPSA) is 60.6 Å². The monoisotopic (exact) mass is 367 g/mol. The predicted octanol–water partition coefficient (Wildman–Crippen LogP) is 1.30. The lowest BCUT2D eigenvalue weighted by molar-refractivity contribution is 0.0389. The SMILES string of the molecule is Cc1ccc(NC(=S)NNC(=S)NCCN2CCOCC2)cc1C. The standard InChI is InChI=1S/C16H25N5OS2/c1-12-3-4-14(11-13(12)2)18-16(24)20-19-15(23)17-5-6-21-7-9-22-10-8-21/h3-4,11H,5-10H2,1-2H3,(H2,17,19,23)(H2,18,20,24). The van der Waals surface area contributed by atoms with Crippen LogP contribution < -0.4 is 21.5 Å². The maximum Gasteiger partial charge on any atom is 0.189 e. The summed E-state index contributed by atoms with van der Waals surface area (Å²) in [5.74, 6) is 0. The summed E-state index contributed by atoms with van der Waals surface area (Å²) >= 11 is 10.5. The molecule has 0 radical (unpaired) electrons. The highest BCUT2D eigenvalue weighted by Gasteiger charge is 2.09. The van der Waals surface area contributed by atoms with E-state index in [4.69, 9.17) is 29.2 Å².